The minimum absolute atomic E-state index is 0. The molecule has 3 aromatic rings. The number of carbonyl (C=O) groups is 1. The molecule has 1 N–H and O–H groups in total. The van der Waals surface area contributed by atoms with Crippen LogP contribution in [0.1, 0.15) is 27.3 Å². The van der Waals surface area contributed by atoms with Gasteiger partial charge < -0.3 is 5.32 Å². The standard InChI is InChI=1S/C19H16N4O.ClH/c1-13-11-14(2)23(22-13)18-9-5-16(6-10-18)19(24)21-17-7-3-15(12-20)4-8-17;/h3-11H,1-2H3,(H,21,24);1H. The third kappa shape index (κ3) is 4.06. The van der Waals surface area contributed by atoms with Gasteiger partial charge in [0.05, 0.1) is 23.0 Å². The van der Waals surface area contributed by atoms with Gasteiger partial charge in [0.25, 0.3) is 5.91 Å². The second-order valence-corrected chi connectivity index (χ2v) is 5.53. The van der Waals surface area contributed by atoms with Crippen molar-refractivity contribution >= 4 is 24.0 Å². The first-order valence-corrected chi connectivity index (χ1v) is 7.52. The summed E-state index contributed by atoms with van der Waals surface area (Å²) in [6, 6.07) is 18.1. The normalized spacial score (nSPS) is 9.80. The molecule has 0 saturated heterocycles. The van der Waals surface area contributed by atoms with E-state index in [1.54, 1.807) is 36.4 Å². The number of aryl methyl sites for hydroxylation is 2. The summed E-state index contributed by atoms with van der Waals surface area (Å²) in [6.07, 6.45) is 0. The minimum Gasteiger partial charge on any atom is -0.322 e. The summed E-state index contributed by atoms with van der Waals surface area (Å²) >= 11 is 0. The molecule has 2 aromatic carbocycles. The molecule has 0 unspecified atom stereocenters. The van der Waals surface area contributed by atoms with Crippen LogP contribution in [0.3, 0.4) is 0 Å². The molecule has 25 heavy (non-hydrogen) atoms. The van der Waals surface area contributed by atoms with Crippen LogP contribution in [0.2, 0.25) is 0 Å². The maximum absolute atomic E-state index is 12.3. The maximum Gasteiger partial charge on any atom is 0.255 e. The van der Waals surface area contributed by atoms with Crippen molar-refractivity contribution in [2.24, 2.45) is 0 Å². The lowest BCUT2D eigenvalue weighted by atomic mass is 10.1. The fourth-order valence-electron chi connectivity index (χ4n) is 2.48. The van der Waals surface area contributed by atoms with Crippen molar-refractivity contribution in [3.8, 4) is 11.8 Å². The number of rotatable bonds is 3. The third-order valence-corrected chi connectivity index (χ3v) is 3.66. The lowest BCUT2D eigenvalue weighted by molar-refractivity contribution is 0.102. The Morgan fingerprint density at radius 1 is 1.08 bits per heavy atom. The predicted octanol–water partition coefficient (Wildman–Crippen LogP) is 4.03. The van der Waals surface area contributed by atoms with Crippen LogP contribution < -0.4 is 5.32 Å². The monoisotopic (exact) mass is 352 g/mol. The number of benzene rings is 2. The van der Waals surface area contributed by atoms with E-state index in [4.69, 9.17) is 5.26 Å². The highest BCUT2D eigenvalue weighted by molar-refractivity contribution is 6.04. The quantitative estimate of drug-likeness (QED) is 0.773. The Labute approximate surface area is 152 Å². The van der Waals surface area contributed by atoms with Crippen LogP contribution >= 0.6 is 12.4 Å². The maximum atomic E-state index is 12.3. The van der Waals surface area contributed by atoms with E-state index in [1.165, 1.54) is 0 Å². The molecule has 0 atom stereocenters. The van der Waals surface area contributed by atoms with E-state index < -0.39 is 0 Å². The van der Waals surface area contributed by atoms with Crippen LogP contribution in [0.5, 0.6) is 0 Å². The first kappa shape index (κ1) is 18.2. The van der Waals surface area contributed by atoms with Gasteiger partial charge in [-0.1, -0.05) is 0 Å². The van der Waals surface area contributed by atoms with Crippen LogP contribution in [-0.4, -0.2) is 15.7 Å². The van der Waals surface area contributed by atoms with Gasteiger partial charge in [-0.3, -0.25) is 4.79 Å². The second kappa shape index (κ2) is 7.65. The number of anilines is 1. The number of amides is 1. The average Bonchev–Trinajstić information content (AvgIpc) is 2.94. The molecule has 0 saturated carbocycles. The predicted molar refractivity (Wildman–Crippen MR) is 99.4 cm³/mol. The number of nitrogens with zero attached hydrogens (tertiary/aromatic N) is 3. The van der Waals surface area contributed by atoms with Crippen LogP contribution in [0.4, 0.5) is 5.69 Å². The molecule has 0 radical (unpaired) electrons. The summed E-state index contributed by atoms with van der Waals surface area (Å²) in [4.78, 5) is 12.3. The van der Waals surface area contributed by atoms with Gasteiger partial charge in [-0.15, -0.1) is 12.4 Å². The van der Waals surface area contributed by atoms with Crippen molar-refractivity contribution in [2.45, 2.75) is 13.8 Å². The Balaban J connectivity index is 0.00000225. The number of hydrogen-bond donors (Lipinski definition) is 1. The molecule has 0 fully saturated rings. The topological polar surface area (TPSA) is 70.7 Å². The Bertz CT molecular complexity index is 922. The lowest BCUT2D eigenvalue weighted by Crippen LogP contribution is -2.12. The molecular formula is C19H17ClN4O. The van der Waals surface area contributed by atoms with Gasteiger partial charge in [-0.25, -0.2) is 4.68 Å². The average molecular weight is 353 g/mol. The molecule has 6 heteroatoms. The number of aromatic nitrogens is 2. The summed E-state index contributed by atoms with van der Waals surface area (Å²) in [5.41, 5.74) is 4.68. The summed E-state index contributed by atoms with van der Waals surface area (Å²) in [7, 11) is 0. The molecule has 0 spiro atoms. The Kier molecular flexibility index (Phi) is 5.58. The van der Waals surface area contributed by atoms with E-state index in [9.17, 15) is 4.79 Å². The van der Waals surface area contributed by atoms with E-state index in [-0.39, 0.29) is 18.3 Å². The van der Waals surface area contributed by atoms with E-state index in [1.807, 2.05) is 42.8 Å². The van der Waals surface area contributed by atoms with Gasteiger partial charge in [-0.2, -0.15) is 10.4 Å². The Morgan fingerprint density at radius 3 is 2.24 bits per heavy atom. The number of halogens is 1. The van der Waals surface area contributed by atoms with Crippen molar-refractivity contribution in [1.82, 2.24) is 9.78 Å². The fourth-order valence-corrected chi connectivity index (χ4v) is 2.48. The SMILES string of the molecule is Cc1cc(C)n(-c2ccc(C(=O)Nc3ccc(C#N)cc3)cc2)n1.Cl. The highest BCUT2D eigenvalue weighted by Crippen LogP contribution is 2.15. The van der Waals surface area contributed by atoms with Crippen molar-refractivity contribution in [2.75, 3.05) is 5.32 Å². The van der Waals surface area contributed by atoms with E-state index in [2.05, 4.69) is 10.4 Å². The Morgan fingerprint density at radius 2 is 1.72 bits per heavy atom. The highest BCUT2D eigenvalue weighted by atomic mass is 35.5. The lowest BCUT2D eigenvalue weighted by Gasteiger charge is -2.07. The number of carbonyl (C=O) groups excluding carboxylic acids is 1. The van der Waals surface area contributed by atoms with E-state index in [0.717, 1.165) is 17.1 Å². The zero-order valence-corrected chi connectivity index (χ0v) is 14.7. The number of nitriles is 1. The third-order valence-electron chi connectivity index (χ3n) is 3.66. The van der Waals surface area contributed by atoms with Gasteiger partial charge in [0.15, 0.2) is 0 Å². The molecule has 5 nitrogen and oxygen atoms in total. The van der Waals surface area contributed by atoms with E-state index >= 15 is 0 Å². The summed E-state index contributed by atoms with van der Waals surface area (Å²) in [5, 5.41) is 16.0. The molecule has 0 bridgehead atoms. The van der Waals surface area contributed by atoms with Gasteiger partial charge in [-0.05, 0) is 68.4 Å². The van der Waals surface area contributed by atoms with Crippen LogP contribution in [-0.2, 0) is 0 Å². The zero-order chi connectivity index (χ0) is 17.1. The molecule has 0 aliphatic rings. The molecule has 3 rings (SSSR count). The summed E-state index contributed by atoms with van der Waals surface area (Å²) < 4.78 is 1.84. The molecule has 126 valence electrons. The summed E-state index contributed by atoms with van der Waals surface area (Å²) in [5.74, 6) is -0.195. The van der Waals surface area contributed by atoms with Crippen molar-refractivity contribution in [1.29, 1.82) is 5.26 Å². The molecule has 1 heterocycles. The van der Waals surface area contributed by atoms with Crippen molar-refractivity contribution in [3.05, 3.63) is 77.1 Å². The first-order valence-electron chi connectivity index (χ1n) is 7.52. The smallest absolute Gasteiger partial charge is 0.255 e. The zero-order valence-electron chi connectivity index (χ0n) is 13.9. The number of nitrogens with one attached hydrogen (secondary N) is 1. The highest BCUT2D eigenvalue weighted by Gasteiger charge is 2.08. The fraction of sp³-hybridized carbons (Fsp3) is 0.105. The summed E-state index contributed by atoms with van der Waals surface area (Å²) in [6.45, 7) is 3.94. The van der Waals surface area contributed by atoms with Gasteiger partial charge >= 0.3 is 0 Å². The minimum atomic E-state index is -0.195. The largest absolute Gasteiger partial charge is 0.322 e. The molecule has 0 aliphatic heterocycles. The van der Waals surface area contributed by atoms with Crippen LogP contribution in [0.15, 0.2) is 54.6 Å². The van der Waals surface area contributed by atoms with Crippen molar-refractivity contribution < 1.29 is 4.79 Å². The molecular weight excluding hydrogens is 336 g/mol. The van der Waals surface area contributed by atoms with E-state index in [0.29, 0.717) is 16.8 Å². The first-order chi connectivity index (χ1) is 11.6. The molecule has 1 amide bonds. The second-order valence-electron chi connectivity index (χ2n) is 5.53. The molecule has 1 aromatic heterocycles. The molecule has 0 aliphatic carbocycles. The van der Waals surface area contributed by atoms with Crippen LogP contribution in [0.25, 0.3) is 5.69 Å². The van der Waals surface area contributed by atoms with Gasteiger partial charge in [0, 0.05) is 16.9 Å². The van der Waals surface area contributed by atoms with Crippen LogP contribution in [0, 0.1) is 25.2 Å². The number of hydrogen-bond acceptors (Lipinski definition) is 3. The van der Waals surface area contributed by atoms with Crippen molar-refractivity contribution in [3.63, 3.8) is 0 Å². The van der Waals surface area contributed by atoms with Gasteiger partial charge in [0.1, 0.15) is 0 Å². The Hall–Kier alpha value is -3.10. The van der Waals surface area contributed by atoms with Gasteiger partial charge in [0.2, 0.25) is 0 Å².